The highest BCUT2D eigenvalue weighted by molar-refractivity contribution is 6.31. The van der Waals surface area contributed by atoms with Gasteiger partial charge >= 0.3 is 11.7 Å². The number of hydrogen-bond donors (Lipinski definition) is 2. The Morgan fingerprint density at radius 2 is 1.84 bits per heavy atom. The maximum Gasteiger partial charge on any atom is 0.365 e. The van der Waals surface area contributed by atoms with Crippen LogP contribution in [0.3, 0.4) is 0 Å². The highest BCUT2D eigenvalue weighted by atomic mass is 35.5. The summed E-state index contributed by atoms with van der Waals surface area (Å²) in [5.41, 5.74) is 1.04. The molecule has 0 saturated heterocycles. The second kappa shape index (κ2) is 14.1. The number of nitrogens with one attached hydrogen (secondary N) is 5. The van der Waals surface area contributed by atoms with Crippen LogP contribution in [-0.4, -0.2) is 17.4 Å². The van der Waals surface area contributed by atoms with E-state index in [0.29, 0.717) is 0 Å². The number of aromatic nitrogens is 4. The van der Waals surface area contributed by atoms with Gasteiger partial charge < -0.3 is 42.5 Å². The molecule has 0 saturated carbocycles. The first-order valence-electron chi connectivity index (χ1n) is 10.3. The Morgan fingerprint density at radius 1 is 1.05 bits per heavy atom. The molecule has 4 heterocycles. The van der Waals surface area contributed by atoms with E-state index >= 15 is 4.39 Å². The maximum absolute atomic E-state index is 15.0. The number of fused-ring (bicyclic) bond motifs is 1. The lowest BCUT2D eigenvalue weighted by Crippen LogP contribution is -3.00. The molecule has 37 heavy (non-hydrogen) atoms. The number of anilines is 1. The van der Waals surface area contributed by atoms with E-state index in [1.54, 1.807) is 30.7 Å². The summed E-state index contributed by atoms with van der Waals surface area (Å²) in [6.45, 7) is -0.717. The Kier molecular flexibility index (Phi) is 12.3. The molecule has 0 atom stereocenters. The van der Waals surface area contributed by atoms with Gasteiger partial charge in [0, 0.05) is 23.9 Å². The zero-order chi connectivity index (χ0) is 24.1. The van der Waals surface area contributed by atoms with Crippen molar-refractivity contribution in [3.63, 3.8) is 0 Å². The lowest BCUT2D eigenvalue weighted by atomic mass is 10.1. The number of aromatic amines is 3. The number of hydrogen-bond acceptors (Lipinski definition) is 3. The number of H-pyrrole nitrogens is 3. The minimum Gasteiger partial charge on any atom is -1.00 e. The van der Waals surface area contributed by atoms with Crippen LogP contribution in [0.25, 0.3) is 10.9 Å². The normalized spacial score (nSPS) is 10.5. The van der Waals surface area contributed by atoms with Gasteiger partial charge in [-0.25, -0.2) is 15.0 Å². The summed E-state index contributed by atoms with van der Waals surface area (Å²) in [7, 11) is 0. The van der Waals surface area contributed by atoms with Crippen LogP contribution in [0.5, 0.6) is 0 Å². The van der Waals surface area contributed by atoms with Crippen molar-refractivity contribution < 1.29 is 70.1 Å². The zero-order valence-electron chi connectivity index (χ0n) is 18.9. The average molecular weight is 596 g/mol. The Balaban J connectivity index is 0.00000228. The van der Waals surface area contributed by atoms with E-state index in [1.165, 1.54) is 24.5 Å². The summed E-state index contributed by atoms with van der Waals surface area (Å²) >= 11 is 6.08. The van der Waals surface area contributed by atoms with Gasteiger partial charge in [0.15, 0.2) is 25.1 Å². The fraction of sp³-hybridized carbons (Fsp3) is 0.174. The minimum atomic E-state index is -3.29. The van der Waals surface area contributed by atoms with E-state index in [2.05, 4.69) is 30.6 Å². The molecule has 5 N–H and O–H groups in total. The van der Waals surface area contributed by atoms with Gasteiger partial charge in [0.05, 0.1) is 34.5 Å². The van der Waals surface area contributed by atoms with Crippen LogP contribution in [-0.2, 0) is 23.7 Å². The summed E-state index contributed by atoms with van der Waals surface area (Å²) in [5.74, 6) is -4.98. The summed E-state index contributed by atoms with van der Waals surface area (Å²) < 4.78 is 43.8. The summed E-state index contributed by atoms with van der Waals surface area (Å²) in [6, 6.07) is 7.97. The third kappa shape index (κ3) is 7.78. The molecule has 14 heteroatoms. The molecule has 0 bridgehead atoms. The quantitative estimate of drug-likeness (QED) is 0.212. The van der Waals surface area contributed by atoms with E-state index < -0.39 is 24.2 Å². The van der Waals surface area contributed by atoms with E-state index in [1.807, 2.05) is 6.07 Å². The second-order valence-electron chi connectivity index (χ2n) is 7.51. The lowest BCUT2D eigenvalue weighted by molar-refractivity contribution is -0.412. The number of carbonyl (C=O) groups excluding carboxylic acids is 1. The molecular weight excluding hydrogens is 575 g/mol. The molecule has 0 aliphatic heterocycles. The van der Waals surface area contributed by atoms with Crippen molar-refractivity contribution in [2.45, 2.75) is 18.9 Å². The van der Waals surface area contributed by atoms with Gasteiger partial charge in [-0.3, -0.25) is 15.1 Å². The molecule has 0 aromatic carbocycles. The SMILES string of the molecule is O=C(Cc1c(Cl)c[nH+]c(NCC(F)(F)c2cccc[nH+]2)c1F)NCc1c[nH+]cc2cccnc12.[Cl-].[Cl-].[Cl-]. The first-order chi connectivity index (χ1) is 16.3. The standard InChI is InChI=1S/C23H18ClF3N6O.3ClH/c24-17-12-32-22(33-13-23(26,27)18-5-1-2-6-29-18)20(25)16(17)8-19(34)31-11-15-10-28-9-14-4-3-7-30-21(14)15;;;/h1-7,9-10,12H,8,11,13H2,(H,31,34)(H,32,33);3*1H. The highest BCUT2D eigenvalue weighted by Crippen LogP contribution is 2.26. The monoisotopic (exact) mass is 594 g/mol. The number of pyridine rings is 4. The predicted octanol–water partition coefficient (Wildman–Crippen LogP) is -6.46. The van der Waals surface area contributed by atoms with Gasteiger partial charge in [-0.1, -0.05) is 11.6 Å². The molecule has 0 aliphatic carbocycles. The van der Waals surface area contributed by atoms with E-state index in [4.69, 9.17) is 11.6 Å². The lowest BCUT2D eigenvalue weighted by Gasteiger charge is -2.11. The highest BCUT2D eigenvalue weighted by Gasteiger charge is 2.40. The van der Waals surface area contributed by atoms with Crippen LogP contribution in [0.15, 0.2) is 61.3 Å². The van der Waals surface area contributed by atoms with Crippen LogP contribution < -0.4 is 62.8 Å². The van der Waals surface area contributed by atoms with Gasteiger partial charge in [0.2, 0.25) is 11.7 Å². The predicted molar refractivity (Wildman–Crippen MR) is 117 cm³/mol. The van der Waals surface area contributed by atoms with Crippen molar-refractivity contribution in [2.24, 2.45) is 0 Å². The van der Waals surface area contributed by atoms with Crippen LogP contribution in [0.1, 0.15) is 16.8 Å². The number of nitrogens with zero attached hydrogens (tertiary/aromatic N) is 1. The Morgan fingerprint density at radius 3 is 2.57 bits per heavy atom. The van der Waals surface area contributed by atoms with Crippen LogP contribution >= 0.6 is 11.6 Å². The summed E-state index contributed by atoms with van der Waals surface area (Å²) in [4.78, 5) is 24.8. The van der Waals surface area contributed by atoms with Gasteiger partial charge in [0.1, 0.15) is 6.20 Å². The molecule has 0 fully saturated rings. The van der Waals surface area contributed by atoms with Gasteiger partial charge in [-0.05, 0) is 18.2 Å². The molecule has 7 nitrogen and oxygen atoms in total. The molecule has 0 aliphatic rings. The van der Waals surface area contributed by atoms with Crippen molar-refractivity contribution >= 4 is 34.2 Å². The molecular formula is C23H21Cl4F3N6O. The molecule has 198 valence electrons. The zero-order valence-corrected chi connectivity index (χ0v) is 21.9. The Labute approximate surface area is 233 Å². The second-order valence-corrected chi connectivity index (χ2v) is 7.92. The number of amides is 1. The molecule has 1 amide bonds. The van der Waals surface area contributed by atoms with Crippen molar-refractivity contribution in [2.75, 3.05) is 11.9 Å². The Hall–Kier alpha value is -2.92. The molecule has 4 aromatic heterocycles. The maximum atomic E-state index is 15.0. The van der Waals surface area contributed by atoms with E-state index in [0.717, 1.165) is 16.5 Å². The van der Waals surface area contributed by atoms with Crippen LogP contribution in [0.2, 0.25) is 5.02 Å². The van der Waals surface area contributed by atoms with Crippen molar-refractivity contribution in [3.8, 4) is 0 Å². The fourth-order valence-electron chi connectivity index (χ4n) is 3.40. The smallest absolute Gasteiger partial charge is 0.365 e. The molecule has 4 rings (SSSR count). The van der Waals surface area contributed by atoms with Crippen LogP contribution in [0.4, 0.5) is 19.0 Å². The molecule has 4 aromatic rings. The number of alkyl halides is 2. The third-order valence-corrected chi connectivity index (χ3v) is 5.50. The Bertz CT molecular complexity index is 1330. The van der Waals surface area contributed by atoms with Gasteiger partial charge in [-0.2, -0.15) is 13.2 Å². The first kappa shape index (κ1) is 32.1. The van der Waals surface area contributed by atoms with Gasteiger partial charge in [-0.15, -0.1) is 0 Å². The molecule has 0 spiro atoms. The molecule has 0 radical (unpaired) electrons. The number of halogens is 7. The number of carbonyl (C=O) groups is 1. The fourth-order valence-corrected chi connectivity index (χ4v) is 3.61. The van der Waals surface area contributed by atoms with E-state index in [9.17, 15) is 13.6 Å². The minimum absolute atomic E-state index is 0. The van der Waals surface area contributed by atoms with Crippen LogP contribution in [0, 0.1) is 5.82 Å². The van der Waals surface area contributed by atoms with Gasteiger partial charge in [0.25, 0.3) is 5.69 Å². The number of rotatable bonds is 8. The largest absolute Gasteiger partial charge is 1.00 e. The summed E-state index contributed by atoms with van der Waals surface area (Å²) in [6.07, 6.45) is 7.40. The average Bonchev–Trinajstić information content (AvgIpc) is 2.85. The molecule has 0 unspecified atom stereocenters. The third-order valence-electron chi connectivity index (χ3n) is 5.16. The first-order valence-corrected chi connectivity index (χ1v) is 10.7. The van der Waals surface area contributed by atoms with Crippen molar-refractivity contribution in [1.29, 1.82) is 0 Å². The topological polar surface area (TPSA) is 96.4 Å². The van der Waals surface area contributed by atoms with Crippen molar-refractivity contribution in [1.82, 2.24) is 10.3 Å². The van der Waals surface area contributed by atoms with Crippen molar-refractivity contribution in [3.05, 3.63) is 89.0 Å². The summed E-state index contributed by atoms with van der Waals surface area (Å²) in [5, 5.41) is 5.93. The van der Waals surface area contributed by atoms with E-state index in [-0.39, 0.29) is 72.3 Å².